The molecule has 0 aliphatic carbocycles. The molecule has 0 spiro atoms. The Morgan fingerprint density at radius 3 is 2.45 bits per heavy atom. The summed E-state index contributed by atoms with van der Waals surface area (Å²) in [6, 6.07) is 3.49. The highest BCUT2D eigenvalue weighted by molar-refractivity contribution is 9.10. The molecule has 2 N–H and O–H groups in total. The van der Waals surface area contributed by atoms with E-state index in [9.17, 15) is 13.2 Å². The molecule has 0 fully saturated rings. The van der Waals surface area contributed by atoms with Crippen LogP contribution in [0.5, 0.6) is 0 Å². The fraction of sp³-hybridized carbons (Fsp3) is 0.143. The topological polar surface area (TPSA) is 26.0 Å². The van der Waals surface area contributed by atoms with Gasteiger partial charge in [0, 0.05) is 15.6 Å². The number of hydrogen-bond acceptors (Lipinski definition) is 1. The fourth-order valence-electron chi connectivity index (χ4n) is 1.90. The molecule has 1 unspecified atom stereocenters. The quantitative estimate of drug-likeness (QED) is 0.756. The summed E-state index contributed by atoms with van der Waals surface area (Å²) in [7, 11) is 0. The highest BCUT2D eigenvalue weighted by atomic mass is 79.9. The first-order valence-corrected chi connectivity index (χ1v) is 6.84. The maximum absolute atomic E-state index is 14.0. The van der Waals surface area contributed by atoms with Crippen LogP contribution in [-0.2, 0) is 0 Å². The van der Waals surface area contributed by atoms with E-state index in [-0.39, 0.29) is 21.7 Å². The molecule has 0 amide bonds. The summed E-state index contributed by atoms with van der Waals surface area (Å²) in [5, 5.41) is 0.213. The van der Waals surface area contributed by atoms with Gasteiger partial charge in [-0.3, -0.25) is 0 Å². The zero-order valence-electron chi connectivity index (χ0n) is 10.4. The van der Waals surface area contributed by atoms with Gasteiger partial charge in [0.2, 0.25) is 0 Å². The van der Waals surface area contributed by atoms with Gasteiger partial charge in [0.25, 0.3) is 0 Å². The average Bonchev–Trinajstić information content (AvgIpc) is 2.38. The van der Waals surface area contributed by atoms with Crippen LogP contribution in [0.2, 0.25) is 5.02 Å². The van der Waals surface area contributed by atoms with Gasteiger partial charge >= 0.3 is 0 Å². The van der Waals surface area contributed by atoms with Gasteiger partial charge in [-0.25, -0.2) is 13.2 Å². The van der Waals surface area contributed by atoms with Crippen molar-refractivity contribution < 1.29 is 13.2 Å². The third-order valence-corrected chi connectivity index (χ3v) is 4.20. The van der Waals surface area contributed by atoms with E-state index in [0.717, 1.165) is 12.1 Å². The van der Waals surface area contributed by atoms with Gasteiger partial charge in [-0.1, -0.05) is 17.7 Å². The lowest BCUT2D eigenvalue weighted by Gasteiger charge is -2.17. The Balaban J connectivity index is 2.60. The van der Waals surface area contributed by atoms with Gasteiger partial charge in [0.05, 0.1) is 11.1 Å². The van der Waals surface area contributed by atoms with Gasteiger partial charge in [0.1, 0.15) is 17.5 Å². The molecule has 0 saturated carbocycles. The summed E-state index contributed by atoms with van der Waals surface area (Å²) in [5.41, 5.74) is 5.61. The third kappa shape index (κ3) is 2.71. The Bertz CT molecular complexity index is 676. The molecule has 0 heterocycles. The number of halogens is 5. The minimum absolute atomic E-state index is 0.0680. The molecular formula is C14H10BrClF3N. The second-order valence-electron chi connectivity index (χ2n) is 4.36. The summed E-state index contributed by atoms with van der Waals surface area (Å²) in [5.74, 6) is -2.29. The van der Waals surface area contributed by atoms with Crippen molar-refractivity contribution in [3.8, 4) is 0 Å². The fourth-order valence-corrected chi connectivity index (χ4v) is 2.38. The first-order chi connectivity index (χ1) is 9.32. The predicted molar refractivity (Wildman–Crippen MR) is 76.2 cm³/mol. The first-order valence-electron chi connectivity index (χ1n) is 5.67. The minimum atomic E-state index is -1.28. The molecule has 2 rings (SSSR count). The van der Waals surface area contributed by atoms with E-state index in [4.69, 9.17) is 17.3 Å². The molecular weight excluding hydrogens is 355 g/mol. The van der Waals surface area contributed by atoms with Crippen molar-refractivity contribution in [2.45, 2.75) is 13.0 Å². The molecule has 0 aliphatic heterocycles. The number of benzene rings is 2. The normalized spacial score (nSPS) is 12.6. The van der Waals surface area contributed by atoms with Crippen LogP contribution in [0.1, 0.15) is 22.7 Å². The smallest absolute Gasteiger partial charge is 0.134 e. The van der Waals surface area contributed by atoms with Crippen molar-refractivity contribution in [2.75, 3.05) is 0 Å². The SMILES string of the molecule is Cc1ccc(F)c(C(N)c2cc(Cl)c(Br)cc2F)c1F. The summed E-state index contributed by atoms with van der Waals surface area (Å²) in [4.78, 5) is 0. The molecule has 1 atom stereocenters. The van der Waals surface area contributed by atoms with Crippen molar-refractivity contribution in [1.82, 2.24) is 0 Å². The van der Waals surface area contributed by atoms with E-state index in [1.807, 2.05) is 0 Å². The molecule has 0 saturated heterocycles. The lowest BCUT2D eigenvalue weighted by atomic mass is 9.96. The monoisotopic (exact) mass is 363 g/mol. The van der Waals surface area contributed by atoms with E-state index in [1.54, 1.807) is 0 Å². The maximum atomic E-state index is 14.0. The van der Waals surface area contributed by atoms with Crippen LogP contribution in [0.15, 0.2) is 28.7 Å². The minimum Gasteiger partial charge on any atom is -0.320 e. The highest BCUT2D eigenvalue weighted by Gasteiger charge is 2.23. The molecule has 20 heavy (non-hydrogen) atoms. The van der Waals surface area contributed by atoms with Crippen LogP contribution in [0.25, 0.3) is 0 Å². The van der Waals surface area contributed by atoms with E-state index >= 15 is 0 Å². The lowest BCUT2D eigenvalue weighted by molar-refractivity contribution is 0.528. The van der Waals surface area contributed by atoms with Gasteiger partial charge in [-0.15, -0.1) is 0 Å². The van der Waals surface area contributed by atoms with Crippen LogP contribution in [0.4, 0.5) is 13.2 Å². The molecule has 2 aromatic rings. The van der Waals surface area contributed by atoms with Crippen LogP contribution in [0, 0.1) is 24.4 Å². The maximum Gasteiger partial charge on any atom is 0.134 e. The van der Waals surface area contributed by atoms with Crippen LogP contribution < -0.4 is 5.73 Å². The number of nitrogens with two attached hydrogens (primary N) is 1. The zero-order chi connectivity index (χ0) is 15.0. The summed E-state index contributed by atoms with van der Waals surface area (Å²) < 4.78 is 42.1. The van der Waals surface area contributed by atoms with E-state index in [2.05, 4.69) is 15.9 Å². The molecule has 0 bridgehead atoms. The average molecular weight is 365 g/mol. The molecule has 2 aromatic carbocycles. The number of hydrogen-bond donors (Lipinski definition) is 1. The highest BCUT2D eigenvalue weighted by Crippen LogP contribution is 2.32. The van der Waals surface area contributed by atoms with Crippen molar-refractivity contribution in [3.05, 3.63) is 67.9 Å². The van der Waals surface area contributed by atoms with Crippen molar-refractivity contribution in [2.24, 2.45) is 5.73 Å². The standard InChI is InChI=1S/C14H10BrClF3N/c1-6-2-3-10(17)12(13(6)19)14(20)7-4-9(16)8(15)5-11(7)18/h2-5,14H,20H2,1H3. The molecule has 0 aliphatic rings. The zero-order valence-corrected chi connectivity index (χ0v) is 12.7. The molecule has 0 radical (unpaired) electrons. The summed E-state index contributed by atoms with van der Waals surface area (Å²) in [6.45, 7) is 1.48. The Morgan fingerprint density at radius 2 is 1.80 bits per heavy atom. The van der Waals surface area contributed by atoms with Crippen LogP contribution >= 0.6 is 27.5 Å². The first kappa shape index (κ1) is 15.4. The van der Waals surface area contributed by atoms with Gasteiger partial charge < -0.3 is 5.73 Å². The summed E-state index contributed by atoms with van der Waals surface area (Å²) >= 11 is 8.94. The predicted octanol–water partition coefficient (Wildman–Crippen LogP) is 4.88. The lowest BCUT2D eigenvalue weighted by Crippen LogP contribution is -2.18. The molecule has 106 valence electrons. The van der Waals surface area contributed by atoms with Crippen molar-refractivity contribution in [1.29, 1.82) is 0 Å². The van der Waals surface area contributed by atoms with Crippen LogP contribution in [0.3, 0.4) is 0 Å². The largest absolute Gasteiger partial charge is 0.320 e. The Hall–Kier alpha value is -1.04. The number of rotatable bonds is 2. The second-order valence-corrected chi connectivity index (χ2v) is 5.62. The van der Waals surface area contributed by atoms with Gasteiger partial charge in [0.15, 0.2) is 0 Å². The molecule has 1 nitrogen and oxygen atoms in total. The van der Waals surface area contributed by atoms with Crippen LogP contribution in [-0.4, -0.2) is 0 Å². The number of aryl methyl sites for hydroxylation is 1. The van der Waals surface area contributed by atoms with Gasteiger partial charge in [-0.2, -0.15) is 0 Å². The molecule has 6 heteroatoms. The Kier molecular flexibility index (Phi) is 4.42. The van der Waals surface area contributed by atoms with Crippen molar-refractivity contribution >= 4 is 27.5 Å². The Labute approximate surface area is 127 Å². The second kappa shape index (κ2) is 5.76. The molecule has 0 aromatic heterocycles. The van der Waals surface area contributed by atoms with Crippen molar-refractivity contribution in [3.63, 3.8) is 0 Å². The van der Waals surface area contributed by atoms with E-state index < -0.39 is 23.5 Å². The summed E-state index contributed by atoms with van der Waals surface area (Å²) in [6.07, 6.45) is 0. The van der Waals surface area contributed by atoms with Gasteiger partial charge in [-0.05, 0) is 46.6 Å². The van der Waals surface area contributed by atoms with E-state index in [0.29, 0.717) is 4.47 Å². The van der Waals surface area contributed by atoms with E-state index in [1.165, 1.54) is 19.1 Å². The Morgan fingerprint density at radius 1 is 1.15 bits per heavy atom. The third-order valence-electron chi connectivity index (χ3n) is 3.01.